The lowest BCUT2D eigenvalue weighted by Crippen LogP contribution is -1.13. The van der Waals surface area contributed by atoms with Gasteiger partial charge in [-0.1, -0.05) is 370 Å². The average Bonchev–Trinajstić information content (AvgIpc) is 2.67. The second-order valence-electron chi connectivity index (χ2n) is 0. The van der Waals surface area contributed by atoms with E-state index in [1.54, 1.807) is 0 Å². The van der Waals surface area contributed by atoms with E-state index >= 15 is 0 Å². The first-order valence-corrected chi connectivity index (χ1v) is 1.15. The Hall–Kier alpha value is -1.31. The zero-order valence-corrected chi connectivity index (χ0v) is 29.1. The minimum absolute atomic E-state index is 0. The summed E-state index contributed by atoms with van der Waals surface area (Å²) >= 11 is 0. The summed E-state index contributed by atoms with van der Waals surface area (Å²) in [6.45, 7) is 3.00. The molecule has 0 spiro atoms. The molecule has 0 amide bonds. The van der Waals surface area contributed by atoms with Crippen molar-refractivity contribution in [3.05, 3.63) is 0 Å². The molecule has 0 atom stereocenters. The van der Waals surface area contributed by atoms with Crippen molar-refractivity contribution in [2.24, 2.45) is 0 Å². The minimum Gasteiger partial charge on any atom is -0.412 e. The molecule has 0 fully saturated rings. The van der Waals surface area contributed by atoms with Crippen molar-refractivity contribution in [1.29, 1.82) is 0 Å². The van der Waals surface area contributed by atoms with Gasteiger partial charge in [-0.05, 0) is 0 Å². The van der Waals surface area contributed by atoms with Crippen LogP contribution in [0.5, 0.6) is 0 Å². The summed E-state index contributed by atoms with van der Waals surface area (Å²) in [5, 5.41) is 0. The van der Waals surface area contributed by atoms with Gasteiger partial charge >= 0.3 is 0 Å². The van der Waals surface area contributed by atoms with E-state index in [-0.39, 0.29) is 523 Å². The van der Waals surface area contributed by atoms with Gasteiger partial charge in [0.05, 0.1) is 15.7 Å². The van der Waals surface area contributed by atoms with Gasteiger partial charge in [-0.3, -0.25) is 0 Å². The highest BCUT2D eigenvalue weighted by atomic mass is 16.0. The molecule has 0 aromatic carbocycles. The molecule has 0 saturated heterocycles. The van der Waals surface area contributed by atoms with Crippen LogP contribution in [0.4, 0.5) is 0 Å². The minimum atomic E-state index is -1.42. The molecule has 38 heteroatoms. The number of hydrogen-bond acceptors (Lipinski definition) is 15. The molecule has 0 aromatic heterocycles. The van der Waals surface area contributed by atoms with Gasteiger partial charge in [0.25, 0.3) is 0 Å². The molecule has 0 saturated carbocycles. The van der Waals surface area contributed by atoms with Crippen molar-refractivity contribution in [2.75, 3.05) is 0 Å². The maximum Gasteiger partial charge on any atom is 0.206 e. The third-order valence-electron chi connectivity index (χ3n) is 0. The summed E-state index contributed by atoms with van der Waals surface area (Å²) in [7, 11) is 10.8. The molecule has 0 aliphatic rings. The Morgan fingerprint density at radius 1 is 0.136 bits per heavy atom. The lowest BCUT2D eigenvalue weighted by molar-refractivity contribution is 0.823. The molecule has 0 heterocycles. The van der Waals surface area contributed by atoms with Crippen LogP contribution < -0.4 is 92.3 Å². The SMILES string of the molecule is C.C.C.C.C.C.C.C.C.C.C.C.C.C.C.C.C.C.C.C.C.C.C.C.C.C.C.C.C.C.C.C.C.C.C.C.C.C.C.C.C.C.N.N.N.N.N.N.N.N.N.N.N.N.N.N.N.O.O.O.O.O.O.O.O.O.O.O.O.O.O.O.O.O.O.O.[2H]C.[2H]C.[2H]C.[2H]C([2H])[2H].[2H]C[2H].[2H]C[2H].[2H]O.[2H]O.[B]C.[B]C. The van der Waals surface area contributed by atoms with Gasteiger partial charge in [0.2, 0.25) is 2.86 Å². The standard InChI is InChI=1S/2CH3B.48CH4.15H3N.21H2O/c2*1-2;;;;;;;;;;;;;;;;;;;;;;;;;;;;;;;;;;;;;;;;;;;;;;;;;;;;;;;;;;;;;;;;;;;;;;;;;;;;;;;;;;;;/h2*1H3;48*1H4;15*1H3;21*1H2/i;;1D3;2*1D2;3*1D;;;;;;;;;;;;;;;;;;;;;;;;;;;;;;;;;;;;;;;;;;;;;;;;;;;;;;;;;;;;;;;;;;;;;;;;;;;;;;/hD2. The van der Waals surface area contributed by atoms with Gasteiger partial charge in [-0.15, -0.1) is 0 Å². The molecule has 4 radical (unpaired) electrons. The van der Waals surface area contributed by atoms with Gasteiger partial charge in [-0.2, -0.15) is 0 Å². The van der Waals surface area contributed by atoms with E-state index < -0.39 is 7.35 Å². The number of rotatable bonds is 0. The lowest BCUT2D eigenvalue weighted by atomic mass is 10.2. The molecular weight excluding hydrogens is 1170 g/mol. The van der Waals surface area contributed by atoms with Gasteiger partial charge < -0.3 is 207 Å². The maximum atomic E-state index is 6.25. The van der Waals surface area contributed by atoms with Gasteiger partial charge in [0, 0.05) is 13.7 Å². The topological polar surface area (TPSA) is 1190 Å². The van der Waals surface area contributed by atoms with Crippen LogP contribution in [0.1, 0.15) is 373 Å². The van der Waals surface area contributed by atoms with Crippen LogP contribution in [0.15, 0.2) is 0 Å². The Morgan fingerprint density at radius 2 is 0.136 bits per heavy atom. The van der Waals surface area contributed by atoms with E-state index in [9.17, 15) is 0 Å². The first-order chi connectivity index (χ1) is 11.6. The highest BCUT2D eigenvalue weighted by Gasteiger charge is 0.986. The molecule has 0 rings (SSSR count). The summed E-state index contributed by atoms with van der Waals surface area (Å²) in [5.41, 5.74) is 12.5. The summed E-state index contributed by atoms with van der Waals surface area (Å²) < 4.78 is 68.0. The van der Waals surface area contributed by atoms with E-state index in [0.29, 0.717) is 0 Å². The smallest absolute Gasteiger partial charge is 0.206 e. The predicted octanol–water partition coefficient (Wildman–Crippen LogP) is 16.1. The van der Waals surface area contributed by atoms with Crippen molar-refractivity contribution in [3.63, 3.8) is 0 Å². The maximum absolute atomic E-state index is 6.25. The largest absolute Gasteiger partial charge is 0.412 e. The summed E-state index contributed by atoms with van der Waals surface area (Å²) in [6.07, 6.45) is 0. The summed E-state index contributed by atoms with van der Waals surface area (Å²) in [6, 6.07) is 0. The van der Waals surface area contributed by atoms with Crippen LogP contribution in [0.2, 0.25) is 13.6 Å². The third kappa shape index (κ3) is 346000. The fourth-order valence-electron chi connectivity index (χ4n) is 0. The van der Waals surface area contributed by atoms with E-state index in [2.05, 4.69) is 15.7 Å². The second-order valence-corrected chi connectivity index (χ2v) is 0. The first-order valence-electron chi connectivity index (χ1n) is 9.61. The highest BCUT2D eigenvalue weighted by Crippen LogP contribution is 0.963. The fraction of sp³-hybridized carbons (Fsp3) is 1.00. The van der Waals surface area contributed by atoms with Crippen molar-refractivity contribution in [2.45, 2.75) is 370 Å². The second kappa shape index (κ2) is 358000. The summed E-state index contributed by atoms with van der Waals surface area (Å²) in [5.74, 6) is 0. The summed E-state index contributed by atoms with van der Waals surface area (Å²) in [4.78, 5) is 0. The van der Waals surface area contributed by atoms with Crippen molar-refractivity contribution in [3.8, 4) is 0 Å². The lowest BCUT2D eigenvalue weighted by Gasteiger charge is -1.02. The Balaban J connectivity index is -0.000000000240. The van der Waals surface area contributed by atoms with Crippen LogP contribution in [-0.4, -0.2) is 131 Å². The zero-order valence-electron chi connectivity index (χ0n) is 41.1. The Labute approximate surface area is 608 Å². The molecule has 0 aliphatic heterocycles. The Bertz CT molecular complexity index is 203. The van der Waals surface area contributed by atoms with Crippen LogP contribution in [0.3, 0.4) is 0 Å². The van der Waals surface area contributed by atoms with Crippen LogP contribution in [0.25, 0.3) is 0 Å². The zero-order chi connectivity index (χ0) is 23.0. The van der Waals surface area contributed by atoms with Crippen molar-refractivity contribution in [1.82, 2.24) is 92.3 Å². The fourth-order valence-corrected chi connectivity index (χ4v) is 0. The van der Waals surface area contributed by atoms with Gasteiger partial charge in [-0.25, -0.2) is 0 Å². The molecule has 0 unspecified atom stereocenters. The Kier molecular flexibility index (Phi) is 16100000. The normalized spacial score (nSPS) is 1.41. The molecule has 0 aromatic rings. The monoisotopic (exact) mass is 1470 g/mol. The Morgan fingerprint density at radius 3 is 0.136 bits per heavy atom. The van der Waals surface area contributed by atoms with E-state index in [1.165, 1.54) is 35.9 Å². The van der Waals surface area contributed by atoms with Crippen LogP contribution >= 0.6 is 0 Å². The molecule has 88 heavy (non-hydrogen) atoms. The molecule has 0 aliphatic carbocycles. The highest BCUT2D eigenvalue weighted by molar-refractivity contribution is 6.05. The van der Waals surface area contributed by atoms with E-state index in [0.717, 1.165) is 0 Å². The van der Waals surface area contributed by atoms with Gasteiger partial charge in [0.1, 0.15) is 0 Å². The van der Waals surface area contributed by atoms with E-state index in [1.807, 2.05) is 0 Å². The predicted molar refractivity (Wildman–Crippen MR) is 498 cm³/mol. The average molecular weight is 1470 g/mol. The number of hydrogen-bond donors (Lipinski definition) is 15. The molecular formula is C50H285B2N15O21. The van der Waals surface area contributed by atoms with Crippen LogP contribution in [-0.2, 0) is 0 Å². The van der Waals surface area contributed by atoms with Gasteiger partial charge in [0.15, 0.2) is 0 Å². The third-order valence-corrected chi connectivity index (χ3v) is 0. The van der Waals surface area contributed by atoms with E-state index in [4.69, 9.17) is 27.5 Å². The van der Waals surface area contributed by atoms with Crippen molar-refractivity contribution >= 4 is 15.7 Å². The van der Waals surface area contributed by atoms with Crippen LogP contribution in [0, 0.1) is 0 Å². The van der Waals surface area contributed by atoms with Crippen molar-refractivity contribution < 1.29 is 132 Å². The first kappa shape index (κ1) is 3950. The molecule has 87 N–H and O–H groups in total. The molecule has 36 nitrogen and oxygen atoms in total. The molecule has 692 valence electrons. The molecule has 0 bridgehead atoms. The quantitative estimate of drug-likeness (QED) is 0.100.